The van der Waals surface area contributed by atoms with Gasteiger partial charge in [0.2, 0.25) is 5.13 Å². The van der Waals surface area contributed by atoms with Crippen LogP contribution in [0.2, 0.25) is 0 Å². The molecular weight excluding hydrogens is 328 g/mol. The maximum Gasteiger partial charge on any atom is 0.265 e. The first-order valence-electron chi connectivity index (χ1n) is 7.20. The first-order chi connectivity index (χ1) is 11.2. The lowest BCUT2D eigenvalue weighted by Gasteiger charge is -2.02. The number of rotatable bonds is 5. The van der Waals surface area contributed by atoms with E-state index in [1.807, 2.05) is 36.6 Å². The van der Waals surface area contributed by atoms with Crippen molar-refractivity contribution in [3.8, 4) is 0 Å². The zero-order chi connectivity index (χ0) is 16.2. The molecule has 0 aliphatic carbocycles. The summed E-state index contributed by atoms with van der Waals surface area (Å²) in [6.07, 6.45) is 0.900. The van der Waals surface area contributed by atoms with Crippen molar-refractivity contribution in [3.05, 3.63) is 40.6 Å². The van der Waals surface area contributed by atoms with E-state index in [4.69, 9.17) is 0 Å². The number of hydrazone groups is 1. The molecule has 118 valence electrons. The summed E-state index contributed by atoms with van der Waals surface area (Å²) in [5.74, 6) is -0.0922. The highest BCUT2D eigenvalue weighted by molar-refractivity contribution is 7.22. The average Bonchev–Trinajstić information content (AvgIpc) is 3.21. The Morgan fingerprint density at radius 1 is 1.35 bits per heavy atom. The third-order valence-corrected chi connectivity index (χ3v) is 5.04. The highest BCUT2D eigenvalue weighted by Crippen LogP contribution is 2.28. The molecular formula is C16H16N4OS2. The van der Waals surface area contributed by atoms with Crippen molar-refractivity contribution in [1.82, 2.24) is 4.98 Å². The van der Waals surface area contributed by atoms with Crippen LogP contribution in [-0.2, 0) is 0 Å². The van der Waals surface area contributed by atoms with Gasteiger partial charge in [0.05, 0.1) is 15.1 Å². The molecule has 2 aromatic heterocycles. The summed E-state index contributed by atoms with van der Waals surface area (Å²) in [5.41, 5.74) is 5.65. The van der Waals surface area contributed by atoms with E-state index >= 15 is 0 Å². The van der Waals surface area contributed by atoms with Crippen molar-refractivity contribution >= 4 is 55.3 Å². The smallest absolute Gasteiger partial charge is 0.265 e. The Hall–Kier alpha value is -2.25. The van der Waals surface area contributed by atoms with Gasteiger partial charge < -0.3 is 5.32 Å². The molecule has 7 heteroatoms. The summed E-state index contributed by atoms with van der Waals surface area (Å²) >= 11 is 2.93. The van der Waals surface area contributed by atoms with E-state index in [0.29, 0.717) is 4.88 Å². The molecule has 0 aliphatic heterocycles. The van der Waals surface area contributed by atoms with Gasteiger partial charge in [-0.1, -0.05) is 24.3 Å². The number of aromatic nitrogens is 1. The second-order valence-corrected chi connectivity index (χ2v) is 6.92. The minimum Gasteiger partial charge on any atom is -0.321 e. The molecule has 0 bridgehead atoms. The second-order valence-electron chi connectivity index (χ2n) is 4.95. The third kappa shape index (κ3) is 3.75. The van der Waals surface area contributed by atoms with Gasteiger partial charge in [0.15, 0.2) is 0 Å². The van der Waals surface area contributed by atoms with E-state index in [2.05, 4.69) is 27.8 Å². The third-order valence-electron chi connectivity index (χ3n) is 3.25. The number of carbonyl (C=O) groups excluding carboxylic acids is 1. The number of fused-ring (bicyclic) bond motifs is 1. The Labute approximate surface area is 142 Å². The number of nitrogens with one attached hydrogen (secondary N) is 2. The van der Waals surface area contributed by atoms with Gasteiger partial charge in [-0.2, -0.15) is 5.10 Å². The maximum absolute atomic E-state index is 12.1. The van der Waals surface area contributed by atoms with E-state index in [1.54, 1.807) is 6.07 Å². The fourth-order valence-corrected chi connectivity index (χ4v) is 3.34. The molecule has 3 aromatic rings. The lowest BCUT2D eigenvalue weighted by molar-refractivity contribution is 0.103. The molecule has 0 atom stereocenters. The molecule has 0 saturated carbocycles. The monoisotopic (exact) mass is 344 g/mol. The van der Waals surface area contributed by atoms with Gasteiger partial charge in [0, 0.05) is 11.4 Å². The number of thiazole rings is 1. The highest BCUT2D eigenvalue weighted by atomic mass is 32.1. The fraction of sp³-hybridized carbons (Fsp3) is 0.188. The quantitative estimate of drug-likeness (QED) is 0.516. The van der Waals surface area contributed by atoms with Crippen molar-refractivity contribution in [1.29, 1.82) is 0 Å². The van der Waals surface area contributed by atoms with Crippen molar-refractivity contribution in [3.63, 3.8) is 0 Å². The molecule has 0 saturated heterocycles. The van der Waals surface area contributed by atoms with E-state index in [9.17, 15) is 4.79 Å². The van der Waals surface area contributed by atoms with Crippen LogP contribution in [-0.4, -0.2) is 16.6 Å². The van der Waals surface area contributed by atoms with Gasteiger partial charge in [0.25, 0.3) is 5.91 Å². The summed E-state index contributed by atoms with van der Waals surface area (Å²) in [7, 11) is 0. The van der Waals surface area contributed by atoms with Crippen LogP contribution < -0.4 is 10.7 Å². The topological polar surface area (TPSA) is 66.4 Å². The van der Waals surface area contributed by atoms with Crippen LogP contribution in [0.5, 0.6) is 0 Å². The van der Waals surface area contributed by atoms with E-state index in [-0.39, 0.29) is 5.91 Å². The van der Waals surface area contributed by atoms with Crippen LogP contribution >= 0.6 is 22.7 Å². The largest absolute Gasteiger partial charge is 0.321 e. The number of thiophene rings is 1. The molecule has 5 nitrogen and oxygen atoms in total. The van der Waals surface area contributed by atoms with Crippen LogP contribution in [0.15, 0.2) is 40.8 Å². The van der Waals surface area contributed by atoms with Gasteiger partial charge in [-0.25, -0.2) is 4.98 Å². The Morgan fingerprint density at radius 2 is 2.22 bits per heavy atom. The van der Waals surface area contributed by atoms with Gasteiger partial charge in [0.1, 0.15) is 0 Å². The lowest BCUT2D eigenvalue weighted by Crippen LogP contribution is -2.09. The predicted molar refractivity (Wildman–Crippen MR) is 98.9 cm³/mol. The molecule has 2 N–H and O–H groups in total. The molecule has 23 heavy (non-hydrogen) atoms. The molecule has 1 amide bonds. The Morgan fingerprint density at radius 3 is 2.96 bits per heavy atom. The van der Waals surface area contributed by atoms with Gasteiger partial charge in [-0.3, -0.25) is 10.2 Å². The predicted octanol–water partition coefficient (Wildman–Crippen LogP) is 4.81. The number of amides is 1. The maximum atomic E-state index is 12.1. The second kappa shape index (κ2) is 6.89. The van der Waals surface area contributed by atoms with E-state index < -0.39 is 0 Å². The number of hydrogen-bond donors (Lipinski definition) is 2. The number of anilines is 2. The molecule has 0 fully saturated rings. The number of nitrogens with zero attached hydrogens (tertiary/aromatic N) is 2. The summed E-state index contributed by atoms with van der Waals surface area (Å²) < 4.78 is 1.00. The summed E-state index contributed by atoms with van der Waals surface area (Å²) in [4.78, 5) is 17.3. The number of hydrogen-bond acceptors (Lipinski definition) is 6. The molecule has 0 unspecified atom stereocenters. The zero-order valence-corrected chi connectivity index (χ0v) is 14.4. The molecule has 0 aliphatic rings. The van der Waals surface area contributed by atoms with Gasteiger partial charge in [-0.15, -0.1) is 11.3 Å². The van der Waals surface area contributed by atoms with Gasteiger partial charge >= 0.3 is 0 Å². The Balaban J connectivity index is 1.77. The molecule has 0 radical (unpaired) electrons. The Bertz CT molecular complexity index is 852. The summed E-state index contributed by atoms with van der Waals surface area (Å²) in [5, 5.41) is 9.80. The van der Waals surface area contributed by atoms with E-state index in [0.717, 1.165) is 33.2 Å². The molecule has 2 heterocycles. The average molecular weight is 344 g/mol. The van der Waals surface area contributed by atoms with Crippen LogP contribution in [0, 0.1) is 0 Å². The van der Waals surface area contributed by atoms with Crippen molar-refractivity contribution < 1.29 is 4.79 Å². The zero-order valence-electron chi connectivity index (χ0n) is 12.8. The van der Waals surface area contributed by atoms with Crippen LogP contribution in [0.4, 0.5) is 10.8 Å². The fourth-order valence-electron chi connectivity index (χ4n) is 1.87. The number of carbonyl (C=O) groups is 1. The van der Waals surface area contributed by atoms with Crippen molar-refractivity contribution in [2.45, 2.75) is 20.3 Å². The Kier molecular flexibility index (Phi) is 4.68. The number of benzene rings is 1. The summed E-state index contributed by atoms with van der Waals surface area (Å²) in [6.45, 7) is 4.03. The van der Waals surface area contributed by atoms with Crippen LogP contribution in [0.3, 0.4) is 0 Å². The minimum atomic E-state index is -0.0922. The summed E-state index contributed by atoms with van der Waals surface area (Å²) in [6, 6.07) is 9.36. The molecule has 1 aromatic carbocycles. The minimum absolute atomic E-state index is 0.0922. The van der Waals surface area contributed by atoms with Crippen molar-refractivity contribution in [2.24, 2.45) is 5.10 Å². The van der Waals surface area contributed by atoms with Crippen LogP contribution in [0.25, 0.3) is 10.2 Å². The first-order valence-corrected chi connectivity index (χ1v) is 8.90. The van der Waals surface area contributed by atoms with Crippen molar-refractivity contribution in [2.75, 3.05) is 10.7 Å². The lowest BCUT2D eigenvalue weighted by atomic mass is 10.3. The molecule has 0 spiro atoms. The first kappa shape index (κ1) is 15.6. The van der Waals surface area contributed by atoms with Gasteiger partial charge in [-0.05, 0) is 43.0 Å². The van der Waals surface area contributed by atoms with Crippen LogP contribution in [0.1, 0.15) is 29.9 Å². The standard InChI is InChI=1S/C16H16N4OS2/c1-3-10(2)19-20-16-18-12-7-6-11(9-14(12)23-16)17-15(21)13-5-4-8-22-13/h4-9H,3H2,1-2H3,(H,17,21)(H,18,20)/b19-10+. The molecule has 3 rings (SSSR count). The highest BCUT2D eigenvalue weighted by Gasteiger charge is 2.09. The van der Waals surface area contributed by atoms with E-state index in [1.165, 1.54) is 22.7 Å². The SMILES string of the molecule is CC/C(C)=N/Nc1nc2ccc(NC(=O)c3cccs3)cc2s1. The normalized spacial score (nSPS) is 11.7.